The Morgan fingerprint density at radius 3 is 2.38 bits per heavy atom. The van der Waals surface area contributed by atoms with E-state index in [1.54, 1.807) is 0 Å². The van der Waals surface area contributed by atoms with E-state index in [9.17, 15) is 4.79 Å². The first-order valence-corrected chi connectivity index (χ1v) is 9.99. The second kappa shape index (κ2) is 11.7. The van der Waals surface area contributed by atoms with E-state index in [4.69, 9.17) is 11.6 Å². The number of hydrogen-bond acceptors (Lipinski definition) is 2. The molecule has 0 saturated heterocycles. The Bertz CT molecular complexity index is 538. The molecule has 1 aromatic rings. The molecule has 0 unspecified atom stereocenters. The van der Waals surface area contributed by atoms with Gasteiger partial charge in [0.05, 0.1) is 10.7 Å². The molecule has 6 heteroatoms. The summed E-state index contributed by atoms with van der Waals surface area (Å²) in [6.07, 6.45) is 5.92. The highest BCUT2D eigenvalue weighted by atomic mass is 35.5. The summed E-state index contributed by atoms with van der Waals surface area (Å²) in [6.45, 7) is 10.0. The first kappa shape index (κ1) is 23.1. The zero-order valence-electron chi connectivity index (χ0n) is 16.3. The number of urea groups is 1. The molecule has 2 amide bonds. The Labute approximate surface area is 169 Å². The maximum Gasteiger partial charge on any atom is 0.322 e. The van der Waals surface area contributed by atoms with Gasteiger partial charge in [0.1, 0.15) is 0 Å². The summed E-state index contributed by atoms with van der Waals surface area (Å²) in [6, 6.07) is 6.03. The number of amides is 2. The van der Waals surface area contributed by atoms with Crippen LogP contribution in [-0.4, -0.2) is 48.1 Å². The van der Waals surface area contributed by atoms with Gasteiger partial charge in [0.2, 0.25) is 0 Å². The summed E-state index contributed by atoms with van der Waals surface area (Å²) in [5.74, 6) is 0. The molecule has 2 rings (SSSR count). The average molecular weight is 402 g/mol. The number of para-hydroxylation sites is 1. The van der Waals surface area contributed by atoms with Gasteiger partial charge < -0.3 is 15.1 Å². The summed E-state index contributed by atoms with van der Waals surface area (Å²) in [5, 5.41) is 3.67. The number of anilines is 1. The van der Waals surface area contributed by atoms with Gasteiger partial charge >= 0.3 is 6.03 Å². The van der Waals surface area contributed by atoms with Crippen LogP contribution in [0.4, 0.5) is 10.5 Å². The molecule has 0 spiro atoms. The Hall–Kier alpha value is -0.970. The summed E-state index contributed by atoms with van der Waals surface area (Å²) in [4.78, 5) is 17.5. The van der Waals surface area contributed by atoms with Crippen LogP contribution >= 0.6 is 24.0 Å². The van der Waals surface area contributed by atoms with E-state index in [0.29, 0.717) is 11.1 Å². The molecule has 1 aliphatic rings. The number of nitrogens with one attached hydrogen (secondary N) is 1. The third-order valence-corrected chi connectivity index (χ3v) is 5.60. The van der Waals surface area contributed by atoms with Crippen LogP contribution in [0.25, 0.3) is 0 Å². The van der Waals surface area contributed by atoms with Crippen LogP contribution in [-0.2, 0) is 0 Å². The van der Waals surface area contributed by atoms with E-state index in [1.807, 2.05) is 30.0 Å². The first-order chi connectivity index (χ1) is 12.1. The van der Waals surface area contributed by atoms with Gasteiger partial charge in [-0.25, -0.2) is 4.79 Å². The minimum Gasteiger partial charge on any atom is -0.320 e. The van der Waals surface area contributed by atoms with Crippen molar-refractivity contribution in [1.29, 1.82) is 0 Å². The Balaban J connectivity index is 0.00000338. The highest BCUT2D eigenvalue weighted by Gasteiger charge is 2.26. The Morgan fingerprint density at radius 1 is 1.15 bits per heavy atom. The maximum atomic E-state index is 13.0. The zero-order valence-corrected chi connectivity index (χ0v) is 17.8. The van der Waals surface area contributed by atoms with E-state index in [1.165, 1.54) is 19.3 Å². The second-order valence-electron chi connectivity index (χ2n) is 6.87. The number of hydrogen-bond donors (Lipinski definition) is 1. The monoisotopic (exact) mass is 401 g/mol. The smallest absolute Gasteiger partial charge is 0.320 e. The van der Waals surface area contributed by atoms with Crippen molar-refractivity contribution in [3.05, 3.63) is 28.8 Å². The van der Waals surface area contributed by atoms with Crippen LogP contribution in [0, 0.1) is 6.92 Å². The molecule has 0 aliphatic heterocycles. The molecule has 1 aromatic carbocycles. The van der Waals surface area contributed by atoms with Gasteiger partial charge in [0, 0.05) is 19.1 Å². The third kappa shape index (κ3) is 6.33. The second-order valence-corrected chi connectivity index (χ2v) is 7.28. The van der Waals surface area contributed by atoms with Crippen LogP contribution in [0.3, 0.4) is 0 Å². The first-order valence-electron chi connectivity index (χ1n) is 9.61. The van der Waals surface area contributed by atoms with Gasteiger partial charge in [-0.1, -0.05) is 56.8 Å². The van der Waals surface area contributed by atoms with Crippen molar-refractivity contribution in [2.24, 2.45) is 0 Å². The molecule has 1 saturated carbocycles. The molecule has 4 nitrogen and oxygen atoms in total. The molecule has 148 valence electrons. The van der Waals surface area contributed by atoms with Crippen LogP contribution in [0.1, 0.15) is 51.5 Å². The minimum atomic E-state index is -0.0183. The van der Waals surface area contributed by atoms with Crippen molar-refractivity contribution in [3.8, 4) is 0 Å². The molecule has 1 aliphatic carbocycles. The topological polar surface area (TPSA) is 35.6 Å². The van der Waals surface area contributed by atoms with E-state index in [2.05, 4.69) is 24.1 Å². The third-order valence-electron chi connectivity index (χ3n) is 5.28. The molecule has 0 heterocycles. The lowest BCUT2D eigenvalue weighted by Gasteiger charge is -2.36. The molecule has 0 atom stereocenters. The molecule has 0 radical (unpaired) electrons. The number of benzene rings is 1. The Kier molecular flexibility index (Phi) is 10.4. The molecular formula is C20H33Cl2N3O. The van der Waals surface area contributed by atoms with Crippen LogP contribution < -0.4 is 5.32 Å². The SMILES string of the molecule is CCN(CC)CCN(C(=O)Nc1c(C)cccc1Cl)C1CCCCC1.Cl. The molecule has 0 bridgehead atoms. The molecule has 26 heavy (non-hydrogen) atoms. The van der Waals surface area contributed by atoms with Crippen LogP contribution in [0.5, 0.6) is 0 Å². The van der Waals surface area contributed by atoms with E-state index in [0.717, 1.165) is 50.3 Å². The fraction of sp³-hybridized carbons (Fsp3) is 0.650. The highest BCUT2D eigenvalue weighted by Crippen LogP contribution is 2.27. The quantitative estimate of drug-likeness (QED) is 0.646. The summed E-state index contributed by atoms with van der Waals surface area (Å²) in [7, 11) is 0. The number of nitrogens with zero attached hydrogens (tertiary/aromatic N) is 2. The van der Waals surface area contributed by atoms with E-state index < -0.39 is 0 Å². The lowest BCUT2D eigenvalue weighted by atomic mass is 9.94. The normalized spacial score (nSPS) is 14.8. The summed E-state index contributed by atoms with van der Waals surface area (Å²) in [5.41, 5.74) is 1.73. The number of halogens is 2. The number of likely N-dealkylation sites (N-methyl/N-ethyl adjacent to an activating group) is 1. The van der Waals surface area contributed by atoms with E-state index in [-0.39, 0.29) is 18.4 Å². The lowest BCUT2D eigenvalue weighted by molar-refractivity contribution is 0.153. The van der Waals surface area contributed by atoms with Gasteiger partial charge in [-0.05, 0) is 44.5 Å². The van der Waals surface area contributed by atoms with Crippen LogP contribution in [0.2, 0.25) is 5.02 Å². The van der Waals surface area contributed by atoms with E-state index >= 15 is 0 Å². The average Bonchev–Trinajstić information content (AvgIpc) is 2.63. The number of aryl methyl sites for hydroxylation is 1. The standard InChI is InChI=1S/C20H32ClN3O.ClH/c1-4-23(5-2)14-15-24(17-11-7-6-8-12-17)20(25)22-19-16(3)10-9-13-18(19)21;/h9-10,13,17H,4-8,11-12,14-15H2,1-3H3,(H,22,25);1H. The van der Waals surface area contributed by atoms with Gasteiger partial charge in [-0.3, -0.25) is 0 Å². The molecular weight excluding hydrogens is 369 g/mol. The summed E-state index contributed by atoms with van der Waals surface area (Å²) >= 11 is 6.30. The minimum absolute atomic E-state index is 0. The number of carbonyl (C=O) groups excluding carboxylic acids is 1. The predicted molar refractivity (Wildman–Crippen MR) is 114 cm³/mol. The largest absolute Gasteiger partial charge is 0.322 e. The lowest BCUT2D eigenvalue weighted by Crippen LogP contribution is -2.47. The van der Waals surface area contributed by atoms with Gasteiger partial charge in [-0.2, -0.15) is 0 Å². The van der Waals surface area contributed by atoms with Gasteiger partial charge in [0.15, 0.2) is 0 Å². The number of rotatable bonds is 7. The molecule has 1 N–H and O–H groups in total. The molecule has 1 fully saturated rings. The van der Waals surface area contributed by atoms with Crippen molar-refractivity contribution < 1.29 is 4.79 Å². The van der Waals surface area contributed by atoms with Crippen molar-refractivity contribution >= 4 is 35.7 Å². The summed E-state index contributed by atoms with van der Waals surface area (Å²) < 4.78 is 0. The van der Waals surface area contributed by atoms with Crippen molar-refractivity contribution in [3.63, 3.8) is 0 Å². The van der Waals surface area contributed by atoms with Crippen molar-refractivity contribution in [2.75, 3.05) is 31.5 Å². The predicted octanol–water partition coefficient (Wildman–Crippen LogP) is 5.58. The van der Waals surface area contributed by atoms with Gasteiger partial charge in [-0.15, -0.1) is 12.4 Å². The fourth-order valence-electron chi connectivity index (χ4n) is 3.60. The van der Waals surface area contributed by atoms with Crippen LogP contribution in [0.15, 0.2) is 18.2 Å². The van der Waals surface area contributed by atoms with Crippen molar-refractivity contribution in [1.82, 2.24) is 9.80 Å². The number of carbonyl (C=O) groups is 1. The van der Waals surface area contributed by atoms with Crippen molar-refractivity contribution in [2.45, 2.75) is 58.9 Å². The Morgan fingerprint density at radius 2 is 1.81 bits per heavy atom. The maximum absolute atomic E-state index is 13.0. The zero-order chi connectivity index (χ0) is 18.2. The molecule has 0 aromatic heterocycles. The highest BCUT2D eigenvalue weighted by molar-refractivity contribution is 6.33. The van der Waals surface area contributed by atoms with Gasteiger partial charge in [0.25, 0.3) is 0 Å². The fourth-order valence-corrected chi connectivity index (χ4v) is 3.87.